The number of allylic oxidation sites excluding steroid dienone is 2. The zero-order valence-electron chi connectivity index (χ0n) is 18.0. The minimum absolute atomic E-state index is 0. The van der Waals surface area contributed by atoms with Crippen LogP contribution in [0.2, 0.25) is 0 Å². The van der Waals surface area contributed by atoms with E-state index in [4.69, 9.17) is 10.1 Å². The van der Waals surface area contributed by atoms with Crippen molar-refractivity contribution in [2.75, 3.05) is 0 Å². The molecule has 161 valence electrons. The summed E-state index contributed by atoms with van der Waals surface area (Å²) in [6, 6.07) is 22.0. The second-order valence-electron chi connectivity index (χ2n) is 7.29. The van der Waals surface area contributed by atoms with E-state index in [0.717, 1.165) is 22.2 Å². The van der Waals surface area contributed by atoms with Crippen molar-refractivity contribution in [3.63, 3.8) is 0 Å². The first-order valence-electron chi connectivity index (χ1n) is 9.75. The number of nitrogens with zero attached hydrogens (tertiary/aromatic N) is 2. The summed E-state index contributed by atoms with van der Waals surface area (Å²) in [4.78, 5) is 14.9. The van der Waals surface area contributed by atoms with Gasteiger partial charge in [0.25, 0.3) is 0 Å². The van der Waals surface area contributed by atoms with Crippen LogP contribution < -0.4 is 0 Å². The van der Waals surface area contributed by atoms with Gasteiger partial charge in [-0.1, -0.05) is 19.1 Å². The maximum absolute atomic E-state index is 10.0. The normalized spacial score (nSPS) is 10.8. The Hall–Kier alpha value is -3.01. The van der Waals surface area contributed by atoms with Gasteiger partial charge in [0.1, 0.15) is 0 Å². The molecule has 2 aromatic carbocycles. The third kappa shape index (κ3) is 6.48. The molecule has 2 aromatic heterocycles. The molecular weight excluding hydrogens is 565 g/mol. The van der Waals surface area contributed by atoms with Crippen molar-refractivity contribution >= 4 is 16.7 Å². The van der Waals surface area contributed by atoms with Gasteiger partial charge in [0, 0.05) is 44.3 Å². The molecule has 1 radical (unpaired) electrons. The molecule has 0 atom stereocenters. The Morgan fingerprint density at radius 3 is 2.35 bits per heavy atom. The molecule has 4 rings (SSSR count). The summed E-state index contributed by atoms with van der Waals surface area (Å²) in [6.45, 7) is 7.07. The van der Waals surface area contributed by atoms with E-state index in [2.05, 4.69) is 73.3 Å². The maximum atomic E-state index is 10.0. The Morgan fingerprint density at radius 2 is 1.77 bits per heavy atom. The first kappa shape index (κ1) is 24.3. The van der Waals surface area contributed by atoms with Gasteiger partial charge in [-0.25, -0.2) is 0 Å². The third-order valence-corrected chi connectivity index (χ3v) is 4.53. The number of aliphatic hydroxyl groups is 1. The van der Waals surface area contributed by atoms with Crippen LogP contribution in [0.25, 0.3) is 27.8 Å². The molecule has 0 bridgehead atoms. The van der Waals surface area contributed by atoms with Crippen LogP contribution in [0.1, 0.15) is 25.0 Å². The van der Waals surface area contributed by atoms with Crippen LogP contribution in [0.5, 0.6) is 0 Å². The Morgan fingerprint density at radius 1 is 1.06 bits per heavy atom. The maximum Gasteiger partial charge on any atom is 0.155 e. The van der Waals surface area contributed by atoms with Crippen molar-refractivity contribution in [3.05, 3.63) is 96.0 Å². The molecule has 0 amide bonds. The van der Waals surface area contributed by atoms with E-state index >= 15 is 0 Å². The van der Waals surface area contributed by atoms with Gasteiger partial charge in [-0.05, 0) is 61.7 Å². The topological polar surface area (TPSA) is 55.1 Å². The van der Waals surface area contributed by atoms with Gasteiger partial charge < -0.3 is 9.67 Å². The summed E-state index contributed by atoms with van der Waals surface area (Å²) in [5.41, 5.74) is 6.63. The summed E-state index contributed by atoms with van der Waals surface area (Å²) in [6.07, 6.45) is 5.29. The Bertz CT molecular complexity index is 1210. The summed E-state index contributed by atoms with van der Waals surface area (Å²) in [7, 11) is 0. The molecule has 1 N–H and O–H groups in total. The average Bonchev–Trinajstić information content (AvgIpc) is 3.21. The van der Waals surface area contributed by atoms with E-state index in [9.17, 15) is 4.79 Å². The standard InChI is InChI=1S/C21H17N2.C5H8O2.Ir/c1-15-6-5-7-17(12-15)19-9-8-18-13-16(2)21(14-20(18)22-19)23-10-3-4-11-23;1-4(6)3-5(2)7;/h3-6,8-14H,1-2H3;3,6H,1-2H3;/q-1;;/b;4-3-;. The summed E-state index contributed by atoms with van der Waals surface area (Å²) < 4.78 is 2.13. The van der Waals surface area contributed by atoms with Crippen LogP contribution >= 0.6 is 0 Å². The third-order valence-electron chi connectivity index (χ3n) is 4.53. The number of pyridine rings is 1. The van der Waals surface area contributed by atoms with Crippen molar-refractivity contribution in [1.82, 2.24) is 9.55 Å². The Balaban J connectivity index is 0.000000373. The molecule has 0 spiro atoms. The molecule has 0 aliphatic rings. The number of hydrogen-bond donors (Lipinski definition) is 1. The van der Waals surface area contributed by atoms with Crippen LogP contribution in [0.4, 0.5) is 0 Å². The van der Waals surface area contributed by atoms with Gasteiger partial charge in [0.15, 0.2) is 5.78 Å². The quantitative estimate of drug-likeness (QED) is 0.177. The number of benzene rings is 2. The van der Waals surface area contributed by atoms with Gasteiger partial charge in [-0.15, -0.1) is 35.4 Å². The molecule has 0 aliphatic heterocycles. The Labute approximate surface area is 196 Å². The summed E-state index contributed by atoms with van der Waals surface area (Å²) >= 11 is 0. The van der Waals surface area contributed by atoms with Gasteiger partial charge in [0.2, 0.25) is 0 Å². The van der Waals surface area contributed by atoms with E-state index in [-0.39, 0.29) is 31.6 Å². The van der Waals surface area contributed by atoms with Crippen LogP contribution in [0.15, 0.2) is 78.8 Å². The zero-order valence-corrected chi connectivity index (χ0v) is 20.4. The fourth-order valence-corrected chi connectivity index (χ4v) is 3.22. The number of carbonyl (C=O) groups excluding carboxylic acids is 1. The molecular formula is C26H25IrN2O2-. The predicted octanol–water partition coefficient (Wildman–Crippen LogP) is 6.14. The summed E-state index contributed by atoms with van der Waals surface area (Å²) in [5, 5.41) is 9.52. The van der Waals surface area contributed by atoms with Gasteiger partial charge >= 0.3 is 0 Å². The van der Waals surface area contributed by atoms with E-state index in [0.29, 0.717) is 0 Å². The van der Waals surface area contributed by atoms with Crippen LogP contribution in [-0.4, -0.2) is 20.4 Å². The number of hydrogen-bond acceptors (Lipinski definition) is 3. The predicted molar refractivity (Wildman–Crippen MR) is 122 cm³/mol. The van der Waals surface area contributed by atoms with Crippen molar-refractivity contribution in [2.24, 2.45) is 0 Å². The second kappa shape index (κ2) is 10.9. The van der Waals surface area contributed by atoms with Gasteiger partial charge in [-0.2, -0.15) is 0 Å². The molecule has 2 heterocycles. The number of aryl methyl sites for hydroxylation is 2. The summed E-state index contributed by atoms with van der Waals surface area (Å²) in [5.74, 6) is -0.0625. The number of carbonyl (C=O) groups is 1. The van der Waals surface area contributed by atoms with Crippen LogP contribution in [0, 0.1) is 19.9 Å². The number of rotatable bonds is 3. The SMILES string of the molecule is CC(=O)/C=C(/C)O.Cc1cc[c-]c(-c2ccc3cc(C)c(-n4cccc4)cc3n2)c1.[Ir]. The molecule has 5 heteroatoms. The van der Waals surface area contributed by atoms with Crippen molar-refractivity contribution in [3.8, 4) is 16.9 Å². The second-order valence-corrected chi connectivity index (χ2v) is 7.29. The van der Waals surface area contributed by atoms with Crippen molar-refractivity contribution in [2.45, 2.75) is 27.7 Å². The number of aliphatic hydroxyl groups excluding tert-OH is 1. The fraction of sp³-hybridized carbons (Fsp3) is 0.154. The minimum Gasteiger partial charge on any atom is -0.512 e. The van der Waals surface area contributed by atoms with Crippen LogP contribution in [-0.2, 0) is 24.9 Å². The van der Waals surface area contributed by atoms with E-state index in [1.54, 1.807) is 0 Å². The van der Waals surface area contributed by atoms with Crippen LogP contribution in [0.3, 0.4) is 0 Å². The molecule has 0 aliphatic carbocycles. The minimum atomic E-state index is -0.125. The van der Waals surface area contributed by atoms with E-state index < -0.39 is 0 Å². The number of fused-ring (bicyclic) bond motifs is 1. The first-order valence-corrected chi connectivity index (χ1v) is 9.75. The van der Waals surface area contributed by atoms with E-state index in [1.807, 2.05) is 18.2 Å². The smallest absolute Gasteiger partial charge is 0.155 e. The average molecular weight is 590 g/mol. The molecule has 4 aromatic rings. The number of ketones is 1. The molecule has 31 heavy (non-hydrogen) atoms. The first-order chi connectivity index (χ1) is 14.3. The fourth-order valence-electron chi connectivity index (χ4n) is 3.22. The Kier molecular flexibility index (Phi) is 8.49. The molecule has 0 saturated heterocycles. The van der Waals surface area contributed by atoms with Crippen molar-refractivity contribution in [1.29, 1.82) is 0 Å². The largest absolute Gasteiger partial charge is 0.512 e. The van der Waals surface area contributed by atoms with Crippen molar-refractivity contribution < 1.29 is 30.0 Å². The zero-order chi connectivity index (χ0) is 21.7. The van der Waals surface area contributed by atoms with E-state index in [1.165, 1.54) is 36.7 Å². The monoisotopic (exact) mass is 590 g/mol. The molecule has 4 nitrogen and oxygen atoms in total. The molecule has 0 unspecified atom stereocenters. The van der Waals surface area contributed by atoms with Gasteiger partial charge in [0.05, 0.1) is 11.3 Å². The number of aromatic nitrogens is 2. The molecule has 0 saturated carbocycles. The molecule has 0 fully saturated rings. The van der Waals surface area contributed by atoms with Gasteiger partial charge in [-0.3, -0.25) is 9.78 Å².